The van der Waals surface area contributed by atoms with Crippen LogP contribution >= 0.6 is 0 Å². The molecule has 6 nitrogen and oxygen atoms in total. The van der Waals surface area contributed by atoms with Crippen LogP contribution in [0.2, 0.25) is 0 Å². The summed E-state index contributed by atoms with van der Waals surface area (Å²) in [5, 5.41) is 4.37. The highest BCUT2D eigenvalue weighted by molar-refractivity contribution is 5.78. The predicted octanol–water partition coefficient (Wildman–Crippen LogP) is 2.29. The molecule has 0 aromatic carbocycles. The number of amides is 1. The Labute approximate surface area is 155 Å². The summed E-state index contributed by atoms with van der Waals surface area (Å²) in [6.45, 7) is 5.11. The fourth-order valence-electron chi connectivity index (χ4n) is 4.04. The zero-order valence-electron chi connectivity index (χ0n) is 16.0. The lowest BCUT2D eigenvalue weighted by molar-refractivity contribution is -0.130. The molecule has 3 heterocycles. The van der Waals surface area contributed by atoms with Gasteiger partial charge in [-0.3, -0.25) is 19.4 Å². The highest BCUT2D eigenvalue weighted by Crippen LogP contribution is 2.36. The molecule has 140 valence electrons. The topological polar surface area (TPSA) is 54.3 Å². The average Bonchev–Trinajstić information content (AvgIpc) is 3.08. The van der Waals surface area contributed by atoms with Gasteiger partial charge in [-0.2, -0.15) is 5.10 Å². The van der Waals surface area contributed by atoms with E-state index in [1.165, 1.54) is 12.0 Å². The number of carbonyl (C=O) groups excluding carboxylic acids is 1. The molecule has 0 aliphatic carbocycles. The Morgan fingerprint density at radius 1 is 1.38 bits per heavy atom. The largest absolute Gasteiger partial charge is 0.345 e. The van der Waals surface area contributed by atoms with E-state index in [2.05, 4.69) is 28.1 Å². The fourth-order valence-corrected chi connectivity index (χ4v) is 4.04. The number of rotatable bonds is 6. The van der Waals surface area contributed by atoms with Crippen molar-refractivity contribution in [2.75, 3.05) is 26.7 Å². The van der Waals surface area contributed by atoms with Crippen LogP contribution in [0.3, 0.4) is 0 Å². The number of likely N-dealkylation sites (N-methyl/N-ethyl adjacent to an activating group) is 1. The second-order valence-corrected chi connectivity index (χ2v) is 7.24. The number of likely N-dealkylation sites (tertiary alicyclic amines) is 1. The maximum atomic E-state index is 12.7. The molecule has 2 atom stereocenters. The minimum atomic E-state index is 0.150. The Morgan fingerprint density at radius 3 is 2.88 bits per heavy atom. The van der Waals surface area contributed by atoms with Gasteiger partial charge in [0.25, 0.3) is 0 Å². The van der Waals surface area contributed by atoms with Crippen LogP contribution in [-0.4, -0.2) is 57.2 Å². The first-order valence-corrected chi connectivity index (χ1v) is 9.44. The zero-order valence-corrected chi connectivity index (χ0v) is 16.0. The molecular weight excluding hydrogens is 326 g/mol. The van der Waals surface area contributed by atoms with Crippen molar-refractivity contribution in [3.05, 3.63) is 48.0 Å². The molecule has 0 unspecified atom stereocenters. The molecule has 0 radical (unpaired) electrons. The first kappa shape index (κ1) is 18.6. The van der Waals surface area contributed by atoms with Crippen molar-refractivity contribution in [1.82, 2.24) is 24.6 Å². The van der Waals surface area contributed by atoms with Crippen molar-refractivity contribution < 1.29 is 4.79 Å². The van der Waals surface area contributed by atoms with Crippen LogP contribution < -0.4 is 0 Å². The number of piperidine rings is 1. The fraction of sp³-hybridized carbons (Fsp3) is 0.550. The Hall–Kier alpha value is -2.21. The first-order chi connectivity index (χ1) is 12.6. The van der Waals surface area contributed by atoms with E-state index in [0.29, 0.717) is 18.4 Å². The van der Waals surface area contributed by atoms with Crippen LogP contribution in [0.1, 0.15) is 36.9 Å². The van der Waals surface area contributed by atoms with Gasteiger partial charge in [0, 0.05) is 50.8 Å². The molecule has 6 heteroatoms. The Bertz CT molecular complexity index is 714. The van der Waals surface area contributed by atoms with E-state index in [-0.39, 0.29) is 5.91 Å². The van der Waals surface area contributed by atoms with E-state index in [1.807, 2.05) is 42.0 Å². The molecule has 1 aliphatic rings. The molecule has 3 rings (SSSR count). The summed E-state index contributed by atoms with van der Waals surface area (Å²) in [7, 11) is 3.88. The summed E-state index contributed by atoms with van der Waals surface area (Å²) < 4.78 is 1.87. The van der Waals surface area contributed by atoms with E-state index < -0.39 is 0 Å². The monoisotopic (exact) mass is 355 g/mol. The third-order valence-corrected chi connectivity index (χ3v) is 5.34. The summed E-state index contributed by atoms with van der Waals surface area (Å²) in [6, 6.07) is 4.16. The maximum absolute atomic E-state index is 12.7. The molecule has 2 aromatic heterocycles. The molecule has 1 saturated heterocycles. The highest BCUT2D eigenvalue weighted by Gasteiger charge is 2.33. The molecular formula is C20H29N5O. The van der Waals surface area contributed by atoms with Crippen molar-refractivity contribution >= 4 is 5.91 Å². The SMILES string of the molecule is CCN1CCC[C@@H](CN(C)C(=O)Cc2cccnc2)[C@@H]1c1cnn(C)c1. The molecule has 26 heavy (non-hydrogen) atoms. The second kappa shape index (κ2) is 8.45. The average molecular weight is 355 g/mol. The van der Waals surface area contributed by atoms with E-state index in [1.54, 1.807) is 12.4 Å². The molecule has 1 amide bonds. The van der Waals surface area contributed by atoms with Gasteiger partial charge in [-0.15, -0.1) is 0 Å². The molecule has 2 aromatic rings. The van der Waals surface area contributed by atoms with Crippen LogP contribution in [0.25, 0.3) is 0 Å². The number of pyridine rings is 1. The standard InChI is InChI=1S/C20H29N5O/c1-4-25-10-6-8-17(20(25)18-13-22-24(3)15-18)14-23(2)19(26)11-16-7-5-9-21-12-16/h5,7,9,12-13,15,17,20H,4,6,8,10-11,14H2,1-3H3/t17-,20+/m0/s1. The van der Waals surface area contributed by atoms with Crippen molar-refractivity contribution in [3.8, 4) is 0 Å². The van der Waals surface area contributed by atoms with Gasteiger partial charge in [0.05, 0.1) is 12.6 Å². The lowest BCUT2D eigenvalue weighted by Crippen LogP contribution is -2.44. The van der Waals surface area contributed by atoms with Gasteiger partial charge >= 0.3 is 0 Å². The molecule has 0 saturated carbocycles. The summed E-state index contributed by atoms with van der Waals surface area (Å²) in [5.74, 6) is 0.576. The lowest BCUT2D eigenvalue weighted by Gasteiger charge is -2.42. The summed E-state index contributed by atoms with van der Waals surface area (Å²) >= 11 is 0. The number of hydrogen-bond donors (Lipinski definition) is 0. The van der Waals surface area contributed by atoms with Crippen molar-refractivity contribution in [2.45, 2.75) is 32.2 Å². The quantitative estimate of drug-likeness (QED) is 0.798. The van der Waals surface area contributed by atoms with Crippen molar-refractivity contribution in [1.29, 1.82) is 0 Å². The molecule has 0 N–H and O–H groups in total. The lowest BCUT2D eigenvalue weighted by atomic mass is 9.85. The van der Waals surface area contributed by atoms with Gasteiger partial charge in [-0.25, -0.2) is 0 Å². The zero-order chi connectivity index (χ0) is 18.5. The van der Waals surface area contributed by atoms with E-state index in [0.717, 1.165) is 31.6 Å². The van der Waals surface area contributed by atoms with Gasteiger partial charge < -0.3 is 4.90 Å². The van der Waals surface area contributed by atoms with E-state index in [9.17, 15) is 4.79 Å². The summed E-state index contributed by atoms with van der Waals surface area (Å²) in [4.78, 5) is 21.2. The van der Waals surface area contributed by atoms with Crippen LogP contribution in [0.15, 0.2) is 36.9 Å². The van der Waals surface area contributed by atoms with E-state index >= 15 is 0 Å². The molecule has 0 spiro atoms. The van der Waals surface area contributed by atoms with Crippen LogP contribution in [-0.2, 0) is 18.3 Å². The van der Waals surface area contributed by atoms with E-state index in [4.69, 9.17) is 0 Å². The Kier molecular flexibility index (Phi) is 6.04. The smallest absolute Gasteiger partial charge is 0.226 e. The van der Waals surface area contributed by atoms with Gasteiger partial charge in [0.1, 0.15) is 0 Å². The number of carbonyl (C=O) groups is 1. The van der Waals surface area contributed by atoms with Crippen LogP contribution in [0.5, 0.6) is 0 Å². The maximum Gasteiger partial charge on any atom is 0.226 e. The number of nitrogens with zero attached hydrogens (tertiary/aromatic N) is 5. The van der Waals surface area contributed by atoms with Crippen LogP contribution in [0, 0.1) is 5.92 Å². The van der Waals surface area contributed by atoms with Crippen LogP contribution in [0.4, 0.5) is 0 Å². The van der Waals surface area contributed by atoms with Gasteiger partial charge in [0.15, 0.2) is 0 Å². The third kappa shape index (κ3) is 4.30. The normalized spacial score (nSPS) is 20.9. The Balaban J connectivity index is 1.70. The Morgan fingerprint density at radius 2 is 2.23 bits per heavy atom. The molecule has 1 fully saturated rings. The van der Waals surface area contributed by atoms with Gasteiger partial charge in [-0.05, 0) is 43.5 Å². The minimum absolute atomic E-state index is 0.150. The summed E-state index contributed by atoms with van der Waals surface area (Å²) in [5.41, 5.74) is 2.22. The number of hydrogen-bond acceptors (Lipinski definition) is 4. The second-order valence-electron chi connectivity index (χ2n) is 7.24. The first-order valence-electron chi connectivity index (χ1n) is 9.44. The van der Waals surface area contributed by atoms with Gasteiger partial charge in [-0.1, -0.05) is 13.0 Å². The van der Waals surface area contributed by atoms with Crippen molar-refractivity contribution in [2.24, 2.45) is 13.0 Å². The highest BCUT2D eigenvalue weighted by atomic mass is 16.2. The molecule has 1 aliphatic heterocycles. The molecule has 0 bridgehead atoms. The summed E-state index contributed by atoms with van der Waals surface area (Å²) in [6.07, 6.45) is 10.3. The van der Waals surface area contributed by atoms with Crippen molar-refractivity contribution in [3.63, 3.8) is 0 Å². The predicted molar refractivity (Wildman–Crippen MR) is 101 cm³/mol. The number of aryl methyl sites for hydroxylation is 1. The minimum Gasteiger partial charge on any atom is -0.345 e. The van der Waals surface area contributed by atoms with Gasteiger partial charge in [0.2, 0.25) is 5.91 Å². The third-order valence-electron chi connectivity index (χ3n) is 5.34. The number of aromatic nitrogens is 3.